The van der Waals surface area contributed by atoms with E-state index >= 15 is 0 Å². The molecule has 0 amide bonds. The zero-order valence-electron chi connectivity index (χ0n) is 2.39. The highest BCUT2D eigenvalue weighted by atomic mass is 36.0. The Kier molecular flexibility index (Phi) is 11.1. The van der Waals surface area contributed by atoms with Crippen molar-refractivity contribution in [3.63, 3.8) is 0 Å². The summed E-state index contributed by atoms with van der Waals surface area (Å²) in [5, 5.41) is 0. The topological polar surface area (TPSA) is 34.1 Å². The van der Waals surface area contributed by atoms with Gasteiger partial charge in [-0.25, -0.2) is 0 Å². The molecule has 2 nitrogen and oxygen atoms in total. The van der Waals surface area contributed by atoms with E-state index in [1.165, 1.54) is 0 Å². The number of hydrogen-bond acceptors (Lipinski definition) is 2. The van der Waals surface area contributed by atoms with Crippen LogP contribution in [0.5, 0.6) is 0 Å². The van der Waals surface area contributed by atoms with Gasteiger partial charge < -0.3 is 0 Å². The molecule has 6 heteroatoms. The van der Waals surface area contributed by atoms with Gasteiger partial charge in [0.25, 0.3) is 0 Å². The zero-order chi connectivity index (χ0) is 4.50. The molecule has 0 fully saturated rings. The first kappa shape index (κ1) is 15.7. The van der Waals surface area contributed by atoms with Crippen LogP contribution in [-0.2, 0) is 8.26 Å². The number of rotatable bonds is 0. The van der Waals surface area contributed by atoms with Crippen LogP contribution in [0, 0.1) is 0 Å². The van der Waals surface area contributed by atoms with Gasteiger partial charge in [-0.05, 0) is 0 Å². The molecular formula is CH5Cl3O2S. The summed E-state index contributed by atoms with van der Waals surface area (Å²) in [6.07, 6.45) is 0. The van der Waals surface area contributed by atoms with E-state index in [0.717, 1.165) is 0 Å². The fourth-order valence-corrected chi connectivity index (χ4v) is 0. The summed E-state index contributed by atoms with van der Waals surface area (Å²) in [6, 6.07) is 0. The van der Waals surface area contributed by atoms with Crippen LogP contribution in [0.4, 0.5) is 0 Å². The van der Waals surface area contributed by atoms with Gasteiger partial charge >= 0.3 is 8.26 Å². The minimum Gasteiger partial charge on any atom is -0.195 e. The Balaban J connectivity index is -0.0000000800. The molecule has 0 spiro atoms. The first-order valence-corrected chi connectivity index (χ1v) is 3.78. The lowest BCUT2D eigenvalue weighted by atomic mass is 12.0. The lowest BCUT2D eigenvalue weighted by molar-refractivity contribution is 0.621. The molecule has 0 aliphatic carbocycles. The molecule has 0 aromatic rings. The van der Waals surface area contributed by atoms with Crippen LogP contribution in [0.25, 0.3) is 0 Å². The monoisotopic (exact) mass is 186 g/mol. The van der Waals surface area contributed by atoms with Gasteiger partial charge in [0, 0.05) is 21.4 Å². The fourth-order valence-electron chi connectivity index (χ4n) is 0. The minimum atomic E-state index is -3.72. The molecule has 0 unspecified atom stereocenters. The van der Waals surface area contributed by atoms with Crippen LogP contribution in [0.3, 0.4) is 0 Å². The van der Waals surface area contributed by atoms with Crippen molar-refractivity contribution in [3.05, 3.63) is 0 Å². The summed E-state index contributed by atoms with van der Waals surface area (Å²) in [4.78, 5) is 0. The number of hydrogen-bond donors (Lipinski definition) is 0. The Morgan fingerprint density at radius 1 is 1.14 bits per heavy atom. The van der Waals surface area contributed by atoms with Gasteiger partial charge in [0.05, 0.1) is 0 Å². The molecule has 0 atom stereocenters. The van der Waals surface area contributed by atoms with Crippen molar-refractivity contribution in [2.75, 3.05) is 0 Å². The molecule has 0 N–H and O–H groups in total. The molecule has 0 aromatic heterocycles. The average Bonchev–Trinajstić information content (AvgIpc) is 0.722. The number of halogens is 3. The molecule has 0 radical (unpaired) electrons. The third-order valence-electron chi connectivity index (χ3n) is 0. The van der Waals surface area contributed by atoms with E-state index in [-0.39, 0.29) is 19.8 Å². The molecule has 0 aliphatic rings. The Morgan fingerprint density at radius 2 is 1.14 bits per heavy atom. The average molecular weight is 187 g/mol. The van der Waals surface area contributed by atoms with Gasteiger partial charge in [0.2, 0.25) is 0 Å². The van der Waals surface area contributed by atoms with Crippen molar-refractivity contribution in [2.24, 2.45) is 0 Å². The van der Waals surface area contributed by atoms with E-state index in [1.807, 2.05) is 0 Å². The Morgan fingerprint density at radius 3 is 1.14 bits per heavy atom. The summed E-state index contributed by atoms with van der Waals surface area (Å²) in [5.41, 5.74) is 0. The van der Waals surface area contributed by atoms with E-state index in [4.69, 9.17) is 8.42 Å². The lowest BCUT2D eigenvalue weighted by Gasteiger charge is -1.61. The van der Waals surface area contributed by atoms with E-state index in [0.29, 0.717) is 0 Å². The fraction of sp³-hybridized carbons (Fsp3) is 1.00. The molecule has 0 aromatic carbocycles. The largest absolute Gasteiger partial charge is 0.317 e. The summed E-state index contributed by atoms with van der Waals surface area (Å²) in [6.45, 7) is 0. The SMILES string of the molecule is C.Cl.O=S(=O)(Cl)Cl. The van der Waals surface area contributed by atoms with Crippen LogP contribution < -0.4 is 0 Å². The van der Waals surface area contributed by atoms with Gasteiger partial charge in [-0.1, -0.05) is 7.43 Å². The van der Waals surface area contributed by atoms with Crippen molar-refractivity contribution in [1.29, 1.82) is 0 Å². The Labute approximate surface area is 58.1 Å². The third-order valence-corrected chi connectivity index (χ3v) is 0. The van der Waals surface area contributed by atoms with Crippen LogP contribution in [0.2, 0.25) is 0 Å². The smallest absolute Gasteiger partial charge is 0.195 e. The second-order valence-electron chi connectivity index (χ2n) is 0.378. The molecule has 48 valence electrons. The maximum Gasteiger partial charge on any atom is 0.317 e. The minimum absolute atomic E-state index is 0. The summed E-state index contributed by atoms with van der Waals surface area (Å²) in [5.74, 6) is 0. The van der Waals surface area contributed by atoms with Gasteiger partial charge in [-0.3, -0.25) is 0 Å². The molecule has 0 saturated heterocycles. The summed E-state index contributed by atoms with van der Waals surface area (Å²) < 4.78 is 18.3. The molecule has 0 heterocycles. The Hall–Kier alpha value is 0.820. The van der Waals surface area contributed by atoms with E-state index in [9.17, 15) is 0 Å². The predicted molar refractivity (Wildman–Crippen MR) is 34.6 cm³/mol. The van der Waals surface area contributed by atoms with Crippen molar-refractivity contribution in [3.8, 4) is 0 Å². The lowest BCUT2D eigenvalue weighted by Crippen LogP contribution is -1.63. The van der Waals surface area contributed by atoms with Crippen LogP contribution in [0.1, 0.15) is 7.43 Å². The standard InChI is InChI=1S/CH4.Cl2O2S.ClH/c;1-5(2,3)4;/h1H4;;1H. The first-order chi connectivity index (χ1) is 2.00. The van der Waals surface area contributed by atoms with E-state index < -0.39 is 8.26 Å². The molecule has 0 rings (SSSR count). The molecular weight excluding hydrogens is 182 g/mol. The van der Waals surface area contributed by atoms with Crippen LogP contribution in [-0.4, -0.2) is 8.42 Å². The van der Waals surface area contributed by atoms with Crippen LogP contribution in [0.15, 0.2) is 0 Å². The van der Waals surface area contributed by atoms with Crippen molar-refractivity contribution in [1.82, 2.24) is 0 Å². The maximum absolute atomic E-state index is 9.16. The molecule has 7 heavy (non-hydrogen) atoms. The normalized spacial score (nSPS) is 8.29. The van der Waals surface area contributed by atoms with Gasteiger partial charge in [-0.15, -0.1) is 12.4 Å². The van der Waals surface area contributed by atoms with Gasteiger partial charge in [0.15, 0.2) is 0 Å². The highest BCUT2D eigenvalue weighted by Crippen LogP contribution is 1.98. The highest BCUT2D eigenvalue weighted by Gasteiger charge is 1.88. The molecule has 0 aliphatic heterocycles. The second-order valence-corrected chi connectivity index (χ2v) is 4.05. The predicted octanol–water partition coefficient (Wildman–Crippen LogP) is 1.77. The molecule has 0 bridgehead atoms. The summed E-state index contributed by atoms with van der Waals surface area (Å²) in [7, 11) is 4.81. The van der Waals surface area contributed by atoms with E-state index in [1.54, 1.807) is 0 Å². The maximum atomic E-state index is 9.16. The second kappa shape index (κ2) is 4.97. The van der Waals surface area contributed by atoms with Gasteiger partial charge in [0.1, 0.15) is 0 Å². The zero-order valence-corrected chi connectivity index (χ0v) is 5.53. The molecule has 0 saturated carbocycles. The van der Waals surface area contributed by atoms with Crippen molar-refractivity contribution >= 4 is 42.0 Å². The van der Waals surface area contributed by atoms with Crippen LogP contribution >= 0.6 is 33.8 Å². The summed E-state index contributed by atoms with van der Waals surface area (Å²) >= 11 is 0. The van der Waals surface area contributed by atoms with Crippen molar-refractivity contribution in [2.45, 2.75) is 7.43 Å². The Bertz CT molecular complexity index is 96.1. The van der Waals surface area contributed by atoms with Crippen molar-refractivity contribution < 1.29 is 8.42 Å². The highest BCUT2D eigenvalue weighted by molar-refractivity contribution is 8.31. The first-order valence-electron chi connectivity index (χ1n) is 0.642. The van der Waals surface area contributed by atoms with Gasteiger partial charge in [-0.2, -0.15) is 8.42 Å². The quantitative estimate of drug-likeness (QED) is 0.542. The third kappa shape index (κ3) is 236. The van der Waals surface area contributed by atoms with E-state index in [2.05, 4.69) is 21.4 Å².